The zero-order valence-corrected chi connectivity index (χ0v) is 25.4. The molecule has 3 atom stereocenters. The Hall–Kier alpha value is -4.49. The highest BCUT2D eigenvalue weighted by Gasteiger charge is 2.33. The first-order valence-electron chi connectivity index (χ1n) is 14.8. The standard InChI is InChI=1S/C31H39F3N6O5/c1-19(2)26-29(44)35-14-8-16-40(30(45)22-12-13-24(36-18-22)31(32,33)34)15-7-11-25(41)38-23(17-21-9-5-4-6-10-21)28(43)37-20(3)27(42)39-26/h4-6,9-10,12-13,18-20,23,26H,7-8,11,14-17H2,1-3H3,(H,35,44)(H,37,43)(H,38,41)(H,39,42)/t20-,23+,26-/m1/s1. The molecule has 2 aromatic rings. The Bertz CT molecular complexity index is 1340. The summed E-state index contributed by atoms with van der Waals surface area (Å²) in [4.78, 5) is 70.2. The molecule has 1 saturated heterocycles. The topological polar surface area (TPSA) is 150 Å². The second-order valence-corrected chi connectivity index (χ2v) is 11.2. The van der Waals surface area contributed by atoms with Gasteiger partial charge >= 0.3 is 6.18 Å². The number of benzene rings is 1. The van der Waals surface area contributed by atoms with E-state index in [1.54, 1.807) is 38.1 Å². The van der Waals surface area contributed by atoms with Crippen LogP contribution in [0.5, 0.6) is 0 Å². The largest absolute Gasteiger partial charge is 0.433 e. The average Bonchev–Trinajstić information content (AvgIpc) is 2.99. The van der Waals surface area contributed by atoms with Crippen molar-refractivity contribution < 1.29 is 37.1 Å². The van der Waals surface area contributed by atoms with Crippen LogP contribution in [0.2, 0.25) is 0 Å². The summed E-state index contributed by atoms with van der Waals surface area (Å²) >= 11 is 0. The van der Waals surface area contributed by atoms with Gasteiger partial charge in [0.25, 0.3) is 5.91 Å². The minimum Gasteiger partial charge on any atom is -0.354 e. The number of halogens is 3. The molecule has 0 bridgehead atoms. The molecule has 1 aliphatic heterocycles. The molecule has 1 aromatic carbocycles. The predicted molar refractivity (Wildman–Crippen MR) is 158 cm³/mol. The maximum absolute atomic E-state index is 13.3. The molecule has 0 saturated carbocycles. The first kappa shape index (κ1) is 35.0. The predicted octanol–water partition coefficient (Wildman–Crippen LogP) is 2.22. The molecule has 5 amide bonds. The molecule has 14 heteroatoms. The summed E-state index contributed by atoms with van der Waals surface area (Å²) in [6.45, 7) is 5.34. The highest BCUT2D eigenvalue weighted by molar-refractivity contribution is 5.95. The number of nitrogens with zero attached hydrogens (tertiary/aromatic N) is 2. The molecule has 2 heterocycles. The lowest BCUT2D eigenvalue weighted by Crippen LogP contribution is -2.57. The van der Waals surface area contributed by atoms with Crippen molar-refractivity contribution in [1.29, 1.82) is 0 Å². The van der Waals surface area contributed by atoms with Crippen LogP contribution in [0.1, 0.15) is 61.6 Å². The minimum atomic E-state index is -4.66. The van der Waals surface area contributed by atoms with Gasteiger partial charge in [-0.25, -0.2) is 0 Å². The van der Waals surface area contributed by atoms with Crippen molar-refractivity contribution in [3.63, 3.8) is 0 Å². The lowest BCUT2D eigenvalue weighted by Gasteiger charge is -2.26. The number of rotatable bonds is 4. The third-order valence-corrected chi connectivity index (χ3v) is 7.26. The third-order valence-electron chi connectivity index (χ3n) is 7.26. The number of pyridine rings is 1. The molecule has 244 valence electrons. The van der Waals surface area contributed by atoms with Gasteiger partial charge in [0.2, 0.25) is 23.6 Å². The van der Waals surface area contributed by atoms with Gasteiger partial charge in [-0.2, -0.15) is 13.2 Å². The molecule has 45 heavy (non-hydrogen) atoms. The molecule has 0 spiro atoms. The Labute approximate surface area is 259 Å². The van der Waals surface area contributed by atoms with E-state index in [1.165, 1.54) is 11.8 Å². The van der Waals surface area contributed by atoms with E-state index in [9.17, 15) is 37.1 Å². The van der Waals surface area contributed by atoms with E-state index in [-0.39, 0.29) is 50.4 Å². The molecule has 0 aliphatic carbocycles. The molecular weight excluding hydrogens is 593 g/mol. The Morgan fingerprint density at radius 2 is 1.62 bits per heavy atom. The quantitative estimate of drug-likeness (QED) is 0.406. The van der Waals surface area contributed by atoms with Gasteiger partial charge in [0.1, 0.15) is 23.8 Å². The van der Waals surface area contributed by atoms with Crippen LogP contribution in [0.15, 0.2) is 48.7 Å². The lowest BCUT2D eigenvalue weighted by atomic mass is 10.0. The van der Waals surface area contributed by atoms with Gasteiger partial charge in [-0.3, -0.25) is 29.0 Å². The summed E-state index contributed by atoms with van der Waals surface area (Å²) in [6.07, 6.45) is -3.23. The smallest absolute Gasteiger partial charge is 0.354 e. The van der Waals surface area contributed by atoms with E-state index in [2.05, 4.69) is 26.3 Å². The number of hydrogen-bond donors (Lipinski definition) is 4. The van der Waals surface area contributed by atoms with Gasteiger partial charge < -0.3 is 26.2 Å². The Balaban J connectivity index is 1.83. The van der Waals surface area contributed by atoms with Crippen LogP contribution in [0.25, 0.3) is 0 Å². The zero-order chi connectivity index (χ0) is 33.1. The molecule has 1 aromatic heterocycles. The van der Waals surface area contributed by atoms with Crippen molar-refractivity contribution >= 4 is 29.5 Å². The number of hydrogen-bond acceptors (Lipinski definition) is 6. The maximum atomic E-state index is 13.3. The summed E-state index contributed by atoms with van der Waals surface area (Å²) in [5, 5.41) is 10.8. The van der Waals surface area contributed by atoms with Crippen LogP contribution < -0.4 is 21.3 Å². The third kappa shape index (κ3) is 10.6. The van der Waals surface area contributed by atoms with Crippen molar-refractivity contribution in [3.05, 3.63) is 65.5 Å². The van der Waals surface area contributed by atoms with Gasteiger partial charge in [0.15, 0.2) is 0 Å². The summed E-state index contributed by atoms with van der Waals surface area (Å²) in [5.74, 6) is -2.95. The fraction of sp³-hybridized carbons (Fsp3) is 0.484. The lowest BCUT2D eigenvalue weighted by molar-refractivity contribution is -0.141. The van der Waals surface area contributed by atoms with E-state index in [0.29, 0.717) is 6.42 Å². The molecule has 3 rings (SSSR count). The SMILES string of the molecule is CC(C)[C@H]1NC(=O)[C@@H](C)NC(=O)[C@H](Cc2ccccc2)NC(=O)CCCN(C(=O)c2ccc(C(F)(F)F)nc2)CCCNC1=O. The molecule has 1 aliphatic rings. The van der Waals surface area contributed by atoms with Crippen molar-refractivity contribution in [3.8, 4) is 0 Å². The van der Waals surface area contributed by atoms with Crippen LogP contribution in [0.4, 0.5) is 13.2 Å². The Morgan fingerprint density at radius 3 is 2.24 bits per heavy atom. The van der Waals surface area contributed by atoms with E-state index in [0.717, 1.165) is 23.9 Å². The fourth-order valence-corrected chi connectivity index (χ4v) is 4.73. The second kappa shape index (κ2) is 16.0. The summed E-state index contributed by atoms with van der Waals surface area (Å²) < 4.78 is 38.9. The van der Waals surface area contributed by atoms with Crippen molar-refractivity contribution in [1.82, 2.24) is 31.2 Å². The summed E-state index contributed by atoms with van der Waals surface area (Å²) in [6, 6.07) is 7.83. The number of carbonyl (C=O) groups is 5. The second-order valence-electron chi connectivity index (χ2n) is 11.2. The number of amides is 5. The van der Waals surface area contributed by atoms with Crippen LogP contribution in [-0.2, 0) is 31.8 Å². The molecule has 0 unspecified atom stereocenters. The van der Waals surface area contributed by atoms with Gasteiger partial charge in [-0.1, -0.05) is 44.2 Å². The van der Waals surface area contributed by atoms with Crippen molar-refractivity contribution in [2.24, 2.45) is 5.92 Å². The number of nitrogens with one attached hydrogen (secondary N) is 4. The van der Waals surface area contributed by atoms with Gasteiger partial charge in [-0.15, -0.1) is 0 Å². The molecule has 11 nitrogen and oxygen atoms in total. The molecule has 1 fully saturated rings. The average molecular weight is 633 g/mol. The van der Waals surface area contributed by atoms with Gasteiger partial charge in [0, 0.05) is 38.7 Å². The highest BCUT2D eigenvalue weighted by Crippen LogP contribution is 2.27. The fourth-order valence-electron chi connectivity index (χ4n) is 4.73. The molecule has 4 N–H and O–H groups in total. The van der Waals surface area contributed by atoms with Crippen molar-refractivity contribution in [2.45, 2.75) is 70.8 Å². The molecular formula is C31H39F3N6O5. The Morgan fingerprint density at radius 1 is 0.933 bits per heavy atom. The van der Waals surface area contributed by atoms with E-state index >= 15 is 0 Å². The number of alkyl halides is 3. The first-order chi connectivity index (χ1) is 21.3. The zero-order valence-electron chi connectivity index (χ0n) is 25.4. The van der Waals surface area contributed by atoms with E-state index < -0.39 is 59.5 Å². The summed E-state index contributed by atoms with van der Waals surface area (Å²) in [7, 11) is 0. The number of aromatic nitrogens is 1. The highest BCUT2D eigenvalue weighted by atomic mass is 19.4. The van der Waals surface area contributed by atoms with Crippen LogP contribution in [0, 0.1) is 5.92 Å². The maximum Gasteiger partial charge on any atom is 0.433 e. The van der Waals surface area contributed by atoms with Gasteiger partial charge in [-0.05, 0) is 43.4 Å². The van der Waals surface area contributed by atoms with Crippen LogP contribution in [-0.4, -0.2) is 77.2 Å². The van der Waals surface area contributed by atoms with E-state index in [4.69, 9.17) is 0 Å². The van der Waals surface area contributed by atoms with Crippen LogP contribution in [0.3, 0.4) is 0 Å². The monoisotopic (exact) mass is 632 g/mol. The van der Waals surface area contributed by atoms with Gasteiger partial charge in [0.05, 0.1) is 5.56 Å². The van der Waals surface area contributed by atoms with Crippen LogP contribution >= 0.6 is 0 Å². The van der Waals surface area contributed by atoms with E-state index in [1.807, 2.05) is 6.07 Å². The minimum absolute atomic E-state index is 0.0591. The first-order valence-corrected chi connectivity index (χ1v) is 14.8. The number of carbonyl (C=O) groups excluding carboxylic acids is 5. The Kier molecular flexibility index (Phi) is 12.4. The summed E-state index contributed by atoms with van der Waals surface area (Å²) in [5.41, 5.74) is -0.418. The normalized spacial score (nSPS) is 21.6. The van der Waals surface area contributed by atoms with Crippen molar-refractivity contribution in [2.75, 3.05) is 19.6 Å². The molecule has 0 radical (unpaired) electrons.